The number of halogens is 1. The molecule has 2 aromatic rings. The van der Waals surface area contributed by atoms with Crippen molar-refractivity contribution in [1.29, 1.82) is 5.26 Å². The molecule has 0 unspecified atom stereocenters. The molecule has 0 radical (unpaired) electrons. The number of hydrogen-bond acceptors (Lipinski definition) is 3. The van der Waals surface area contributed by atoms with E-state index in [9.17, 15) is 5.26 Å². The van der Waals surface area contributed by atoms with E-state index in [0.29, 0.717) is 6.04 Å². The fourth-order valence-corrected chi connectivity index (χ4v) is 4.21. The second-order valence-electron chi connectivity index (χ2n) is 5.24. The van der Waals surface area contributed by atoms with E-state index < -0.39 is 0 Å². The van der Waals surface area contributed by atoms with Crippen molar-refractivity contribution in [3.05, 3.63) is 56.7 Å². The highest BCUT2D eigenvalue weighted by molar-refractivity contribution is 9.10. The average molecular weight is 347 g/mol. The quantitative estimate of drug-likeness (QED) is 0.899. The van der Waals surface area contributed by atoms with Gasteiger partial charge in [-0.2, -0.15) is 5.26 Å². The summed E-state index contributed by atoms with van der Waals surface area (Å²) in [6, 6.07) is 15.2. The van der Waals surface area contributed by atoms with Crippen LogP contribution >= 0.6 is 27.3 Å². The van der Waals surface area contributed by atoms with E-state index in [4.69, 9.17) is 0 Å². The lowest BCUT2D eigenvalue weighted by atomic mass is 9.62. The number of rotatable bonds is 4. The van der Waals surface area contributed by atoms with Crippen molar-refractivity contribution >= 4 is 27.3 Å². The molecule has 102 valence electrons. The van der Waals surface area contributed by atoms with Crippen LogP contribution in [0.5, 0.6) is 0 Å². The molecule has 1 N–H and O–H groups in total. The Morgan fingerprint density at radius 2 is 2.05 bits per heavy atom. The van der Waals surface area contributed by atoms with Gasteiger partial charge in [-0.15, -0.1) is 11.3 Å². The minimum atomic E-state index is -0.286. The minimum Gasteiger partial charge on any atom is -0.309 e. The molecule has 1 aliphatic rings. The first kappa shape index (κ1) is 13.8. The number of benzene rings is 1. The van der Waals surface area contributed by atoms with Gasteiger partial charge in [0.25, 0.3) is 0 Å². The van der Waals surface area contributed by atoms with Crippen LogP contribution in [-0.4, -0.2) is 6.04 Å². The summed E-state index contributed by atoms with van der Waals surface area (Å²) in [6.45, 7) is 0.874. The Morgan fingerprint density at radius 1 is 1.30 bits per heavy atom. The molecule has 20 heavy (non-hydrogen) atoms. The summed E-state index contributed by atoms with van der Waals surface area (Å²) in [5.41, 5.74) is 0.865. The van der Waals surface area contributed by atoms with Crippen LogP contribution < -0.4 is 5.32 Å². The molecule has 0 atom stereocenters. The predicted molar refractivity (Wildman–Crippen MR) is 85.6 cm³/mol. The maximum atomic E-state index is 9.52. The second-order valence-corrected chi connectivity index (χ2v) is 7.09. The number of nitrogens with zero attached hydrogens (tertiary/aromatic N) is 1. The molecule has 1 aliphatic carbocycles. The first-order valence-corrected chi connectivity index (χ1v) is 8.33. The lowest BCUT2D eigenvalue weighted by molar-refractivity contribution is 0.226. The molecular formula is C16H15BrN2S. The Balaban J connectivity index is 1.60. The maximum Gasteiger partial charge on any atom is 0.0852 e. The first-order valence-electron chi connectivity index (χ1n) is 6.65. The normalized spacial score (nSPS) is 24.9. The summed E-state index contributed by atoms with van der Waals surface area (Å²) in [7, 11) is 0. The number of nitriles is 1. The predicted octanol–water partition coefficient (Wildman–Crippen LogP) is 4.22. The molecule has 0 aliphatic heterocycles. The van der Waals surface area contributed by atoms with Crippen molar-refractivity contribution in [2.24, 2.45) is 0 Å². The highest BCUT2D eigenvalue weighted by Crippen LogP contribution is 2.43. The van der Waals surface area contributed by atoms with Crippen LogP contribution in [-0.2, 0) is 12.0 Å². The summed E-state index contributed by atoms with van der Waals surface area (Å²) in [5, 5.41) is 15.2. The highest BCUT2D eigenvalue weighted by Gasteiger charge is 2.45. The van der Waals surface area contributed by atoms with Crippen LogP contribution in [0, 0.1) is 11.3 Å². The van der Waals surface area contributed by atoms with Gasteiger partial charge in [0.15, 0.2) is 0 Å². The van der Waals surface area contributed by atoms with Crippen LogP contribution in [0.25, 0.3) is 0 Å². The summed E-state index contributed by atoms with van der Waals surface area (Å²) < 4.78 is 1.17. The Hall–Kier alpha value is -1.15. The smallest absolute Gasteiger partial charge is 0.0852 e. The molecule has 1 aromatic carbocycles. The number of nitrogens with one attached hydrogen (secondary N) is 1. The van der Waals surface area contributed by atoms with E-state index in [2.05, 4.69) is 50.9 Å². The van der Waals surface area contributed by atoms with Crippen molar-refractivity contribution in [3.63, 3.8) is 0 Å². The second kappa shape index (κ2) is 5.69. The van der Waals surface area contributed by atoms with E-state index in [1.165, 1.54) is 9.35 Å². The van der Waals surface area contributed by atoms with E-state index in [0.717, 1.165) is 24.9 Å². The van der Waals surface area contributed by atoms with Crippen LogP contribution in [0.1, 0.15) is 23.3 Å². The van der Waals surface area contributed by atoms with Crippen LogP contribution in [0.2, 0.25) is 0 Å². The van der Waals surface area contributed by atoms with Gasteiger partial charge in [0.1, 0.15) is 0 Å². The lowest BCUT2D eigenvalue weighted by Crippen LogP contribution is -2.50. The summed E-state index contributed by atoms with van der Waals surface area (Å²) in [6.07, 6.45) is 1.80. The lowest BCUT2D eigenvalue weighted by Gasteiger charge is -2.43. The first-order chi connectivity index (χ1) is 9.73. The standard InChI is InChI=1S/C16H15BrN2S/c17-14-6-7-20-15(14)10-19-13-8-16(9-13,11-18)12-4-2-1-3-5-12/h1-7,13,19H,8-10H2. The molecular weight excluding hydrogens is 332 g/mol. The molecule has 4 heteroatoms. The van der Waals surface area contributed by atoms with Crippen molar-refractivity contribution in [2.45, 2.75) is 30.8 Å². The number of hydrogen-bond donors (Lipinski definition) is 1. The third kappa shape index (κ3) is 2.54. The highest BCUT2D eigenvalue weighted by atomic mass is 79.9. The van der Waals surface area contributed by atoms with Gasteiger partial charge in [-0.3, -0.25) is 0 Å². The largest absolute Gasteiger partial charge is 0.309 e. The zero-order valence-electron chi connectivity index (χ0n) is 11.0. The van der Waals surface area contributed by atoms with E-state index in [1.807, 2.05) is 18.2 Å². The zero-order valence-corrected chi connectivity index (χ0v) is 13.4. The molecule has 1 saturated carbocycles. The zero-order chi connectivity index (χ0) is 14.0. The molecule has 0 amide bonds. The minimum absolute atomic E-state index is 0.286. The van der Waals surface area contributed by atoms with Crippen molar-refractivity contribution in [3.8, 4) is 6.07 Å². The molecule has 1 aromatic heterocycles. The van der Waals surface area contributed by atoms with Gasteiger partial charge in [-0.05, 0) is 45.8 Å². The van der Waals surface area contributed by atoms with Crippen molar-refractivity contribution < 1.29 is 0 Å². The Bertz CT molecular complexity index is 623. The van der Waals surface area contributed by atoms with E-state index >= 15 is 0 Å². The van der Waals surface area contributed by atoms with Gasteiger partial charge in [-0.1, -0.05) is 30.3 Å². The van der Waals surface area contributed by atoms with Gasteiger partial charge in [-0.25, -0.2) is 0 Å². The van der Waals surface area contributed by atoms with Crippen LogP contribution in [0.15, 0.2) is 46.3 Å². The Labute approximate surface area is 131 Å². The van der Waals surface area contributed by atoms with E-state index in [-0.39, 0.29) is 5.41 Å². The summed E-state index contributed by atoms with van der Waals surface area (Å²) in [5.74, 6) is 0. The fourth-order valence-electron chi connectivity index (χ4n) is 2.76. The average Bonchev–Trinajstić information content (AvgIpc) is 2.84. The van der Waals surface area contributed by atoms with Crippen LogP contribution in [0.3, 0.4) is 0 Å². The van der Waals surface area contributed by atoms with Gasteiger partial charge < -0.3 is 5.32 Å². The number of thiophene rings is 1. The topological polar surface area (TPSA) is 35.8 Å². The molecule has 3 rings (SSSR count). The fraction of sp³-hybridized carbons (Fsp3) is 0.312. The van der Waals surface area contributed by atoms with Crippen molar-refractivity contribution in [1.82, 2.24) is 5.32 Å². The Kier molecular flexibility index (Phi) is 3.93. The van der Waals surface area contributed by atoms with Crippen LogP contribution in [0.4, 0.5) is 0 Å². The Morgan fingerprint density at radius 3 is 2.65 bits per heavy atom. The van der Waals surface area contributed by atoms with Gasteiger partial charge in [0.05, 0.1) is 11.5 Å². The third-order valence-corrected chi connectivity index (χ3v) is 5.90. The van der Waals surface area contributed by atoms with Crippen molar-refractivity contribution in [2.75, 3.05) is 0 Å². The monoisotopic (exact) mass is 346 g/mol. The SMILES string of the molecule is N#CC1(c2ccccc2)CC(NCc2sccc2Br)C1. The van der Waals surface area contributed by atoms with Gasteiger partial charge in [0, 0.05) is 21.9 Å². The molecule has 0 saturated heterocycles. The maximum absolute atomic E-state index is 9.52. The third-order valence-electron chi connectivity index (χ3n) is 3.97. The summed E-state index contributed by atoms with van der Waals surface area (Å²) >= 11 is 5.30. The van der Waals surface area contributed by atoms with Gasteiger partial charge >= 0.3 is 0 Å². The van der Waals surface area contributed by atoms with E-state index in [1.54, 1.807) is 11.3 Å². The molecule has 1 heterocycles. The summed E-state index contributed by atoms with van der Waals surface area (Å²) in [4.78, 5) is 1.32. The van der Waals surface area contributed by atoms with Gasteiger partial charge in [0.2, 0.25) is 0 Å². The molecule has 2 nitrogen and oxygen atoms in total. The molecule has 0 spiro atoms. The molecule has 1 fully saturated rings. The molecule has 0 bridgehead atoms.